The molecule has 0 radical (unpaired) electrons. The molecule has 3 aromatic carbocycles. The maximum Gasteiger partial charge on any atom is 0.258 e. The summed E-state index contributed by atoms with van der Waals surface area (Å²) in [5, 5.41) is 2.43. The van der Waals surface area contributed by atoms with E-state index in [0.29, 0.717) is 0 Å². The summed E-state index contributed by atoms with van der Waals surface area (Å²) in [4.78, 5) is 13.1. The number of amides is 1. The lowest BCUT2D eigenvalue weighted by Crippen LogP contribution is -2.32. The Morgan fingerprint density at radius 2 is 1.52 bits per heavy atom. The number of rotatable bonds is 8. The lowest BCUT2D eigenvalue weighted by atomic mass is 10.1. The number of nitrogens with zero attached hydrogens (tertiary/aromatic N) is 1. The normalized spacial score (nSPS) is 11.1. The van der Waals surface area contributed by atoms with E-state index in [-0.39, 0.29) is 40.5 Å². The Morgan fingerprint density at radius 3 is 2.09 bits per heavy atom. The van der Waals surface area contributed by atoms with Crippen molar-refractivity contribution in [2.75, 3.05) is 30.1 Å². The summed E-state index contributed by atoms with van der Waals surface area (Å²) in [6.07, 6.45) is 0.934. The van der Waals surface area contributed by atoms with Crippen LogP contribution in [0, 0.1) is 11.6 Å². The standard InChI is InChI=1S/C23H22F2N2O5S/c1-31-21-12-16(23(28)26-19-11-7-6-10-18(19)25)20(13-22(21)32-2)27(33(3,29)30)14-15-8-4-5-9-17(15)24/h4-13H,14H2,1-3H3,(H,26,28). The molecule has 0 saturated heterocycles. The van der Waals surface area contributed by atoms with Crippen molar-refractivity contribution < 1.29 is 31.5 Å². The summed E-state index contributed by atoms with van der Waals surface area (Å²) >= 11 is 0. The third-order valence-corrected chi connectivity index (χ3v) is 5.94. The van der Waals surface area contributed by atoms with Crippen LogP contribution in [0.1, 0.15) is 15.9 Å². The molecule has 0 bridgehead atoms. The summed E-state index contributed by atoms with van der Waals surface area (Å²) in [6.45, 7) is -0.388. The number of hydrogen-bond acceptors (Lipinski definition) is 5. The molecule has 1 amide bonds. The number of nitrogens with one attached hydrogen (secondary N) is 1. The number of halogens is 2. The van der Waals surface area contributed by atoms with Gasteiger partial charge in [-0.15, -0.1) is 0 Å². The highest BCUT2D eigenvalue weighted by Gasteiger charge is 2.27. The molecule has 0 aliphatic rings. The average molecular weight is 477 g/mol. The van der Waals surface area contributed by atoms with Crippen LogP contribution in [0.25, 0.3) is 0 Å². The van der Waals surface area contributed by atoms with Crippen LogP contribution in [0.3, 0.4) is 0 Å². The predicted octanol–water partition coefficient (Wildman–Crippen LogP) is 4.20. The first-order valence-electron chi connectivity index (χ1n) is 9.68. The number of anilines is 2. The molecule has 0 aliphatic carbocycles. The van der Waals surface area contributed by atoms with E-state index in [1.54, 1.807) is 6.07 Å². The third-order valence-electron chi connectivity index (χ3n) is 4.81. The number of benzene rings is 3. The molecule has 3 rings (SSSR count). The van der Waals surface area contributed by atoms with Crippen LogP contribution >= 0.6 is 0 Å². The molecule has 0 unspecified atom stereocenters. The highest BCUT2D eigenvalue weighted by atomic mass is 32.2. The topological polar surface area (TPSA) is 84.9 Å². The maximum absolute atomic E-state index is 14.3. The number of para-hydroxylation sites is 1. The molecule has 0 spiro atoms. The number of sulfonamides is 1. The van der Waals surface area contributed by atoms with Crippen molar-refractivity contribution in [2.45, 2.75) is 6.54 Å². The Labute approximate surface area is 190 Å². The van der Waals surface area contributed by atoms with Gasteiger partial charge in [0.15, 0.2) is 11.5 Å². The second-order valence-corrected chi connectivity index (χ2v) is 8.93. The molecule has 0 aliphatic heterocycles. The second-order valence-electron chi connectivity index (χ2n) is 7.02. The van der Waals surface area contributed by atoms with Gasteiger partial charge in [0.2, 0.25) is 10.0 Å². The Balaban J connectivity index is 2.17. The molecule has 0 atom stereocenters. The van der Waals surface area contributed by atoms with E-state index in [0.717, 1.165) is 10.6 Å². The van der Waals surface area contributed by atoms with E-state index in [9.17, 15) is 22.0 Å². The van der Waals surface area contributed by atoms with E-state index in [2.05, 4.69) is 5.32 Å². The van der Waals surface area contributed by atoms with Crippen molar-refractivity contribution in [1.82, 2.24) is 0 Å². The zero-order valence-electron chi connectivity index (χ0n) is 18.1. The number of carbonyl (C=O) groups excluding carboxylic acids is 1. The van der Waals surface area contributed by atoms with Crippen molar-refractivity contribution in [3.8, 4) is 11.5 Å². The van der Waals surface area contributed by atoms with E-state index < -0.39 is 27.6 Å². The van der Waals surface area contributed by atoms with Crippen LogP contribution in [-0.2, 0) is 16.6 Å². The van der Waals surface area contributed by atoms with Gasteiger partial charge in [0.1, 0.15) is 11.6 Å². The van der Waals surface area contributed by atoms with Crippen LogP contribution in [0.2, 0.25) is 0 Å². The molecule has 10 heteroatoms. The molecule has 1 N–H and O–H groups in total. The maximum atomic E-state index is 14.3. The number of ether oxygens (including phenoxy) is 2. The fraction of sp³-hybridized carbons (Fsp3) is 0.174. The lowest BCUT2D eigenvalue weighted by Gasteiger charge is -2.26. The van der Waals surface area contributed by atoms with Gasteiger partial charge in [0, 0.05) is 11.6 Å². The molecule has 0 aromatic heterocycles. The zero-order valence-corrected chi connectivity index (χ0v) is 18.9. The molecule has 7 nitrogen and oxygen atoms in total. The highest BCUT2D eigenvalue weighted by Crippen LogP contribution is 2.37. The Kier molecular flexibility index (Phi) is 7.17. The molecule has 3 aromatic rings. The van der Waals surface area contributed by atoms with Crippen LogP contribution in [0.15, 0.2) is 60.7 Å². The minimum absolute atomic E-state index is 0.0905. The first kappa shape index (κ1) is 24.0. The monoisotopic (exact) mass is 476 g/mol. The van der Waals surface area contributed by atoms with Crippen molar-refractivity contribution in [2.24, 2.45) is 0 Å². The fourth-order valence-corrected chi connectivity index (χ4v) is 4.05. The summed E-state index contributed by atoms with van der Waals surface area (Å²) in [7, 11) is -1.30. The van der Waals surface area contributed by atoms with Crippen molar-refractivity contribution >= 4 is 27.3 Å². The number of hydrogen-bond donors (Lipinski definition) is 1. The van der Waals surface area contributed by atoms with E-state index in [4.69, 9.17) is 9.47 Å². The Bertz CT molecular complexity index is 1280. The number of carbonyl (C=O) groups is 1. The molecule has 174 valence electrons. The van der Waals surface area contributed by atoms with Crippen molar-refractivity contribution in [1.29, 1.82) is 0 Å². The zero-order chi connectivity index (χ0) is 24.2. The fourth-order valence-electron chi connectivity index (χ4n) is 3.17. The average Bonchev–Trinajstić information content (AvgIpc) is 2.78. The minimum Gasteiger partial charge on any atom is -0.493 e. The molecule has 0 heterocycles. The summed E-state index contributed by atoms with van der Waals surface area (Å²) < 4.78 is 65.3. The van der Waals surface area contributed by atoms with Gasteiger partial charge in [-0.25, -0.2) is 17.2 Å². The van der Waals surface area contributed by atoms with Gasteiger partial charge in [-0.1, -0.05) is 30.3 Å². The van der Waals surface area contributed by atoms with Crippen LogP contribution in [0.5, 0.6) is 11.5 Å². The summed E-state index contributed by atoms with van der Waals surface area (Å²) in [5.74, 6) is -1.77. The molecule has 33 heavy (non-hydrogen) atoms. The SMILES string of the molecule is COc1cc(C(=O)Nc2ccccc2F)c(N(Cc2ccccc2F)S(C)(=O)=O)cc1OC. The van der Waals surface area contributed by atoms with Crippen LogP contribution < -0.4 is 19.1 Å². The van der Waals surface area contributed by atoms with Gasteiger partial charge in [0.25, 0.3) is 5.91 Å². The van der Waals surface area contributed by atoms with E-state index in [1.807, 2.05) is 0 Å². The highest BCUT2D eigenvalue weighted by molar-refractivity contribution is 7.92. The summed E-state index contributed by atoms with van der Waals surface area (Å²) in [5.41, 5.74) is -0.230. The van der Waals surface area contributed by atoms with Gasteiger partial charge in [-0.3, -0.25) is 9.10 Å². The first-order chi connectivity index (χ1) is 15.7. The molecule has 0 saturated carbocycles. The predicted molar refractivity (Wildman–Crippen MR) is 121 cm³/mol. The van der Waals surface area contributed by atoms with E-state index >= 15 is 0 Å². The van der Waals surface area contributed by atoms with Gasteiger partial charge < -0.3 is 14.8 Å². The van der Waals surface area contributed by atoms with Gasteiger partial charge in [-0.05, 0) is 24.3 Å². The van der Waals surface area contributed by atoms with Crippen molar-refractivity contribution in [3.05, 3.63) is 83.4 Å². The molecular formula is C23H22F2N2O5S. The molecular weight excluding hydrogens is 454 g/mol. The summed E-state index contributed by atoms with van der Waals surface area (Å²) in [6, 6.07) is 13.8. The third kappa shape index (κ3) is 5.40. The van der Waals surface area contributed by atoms with Gasteiger partial charge in [-0.2, -0.15) is 0 Å². The van der Waals surface area contributed by atoms with E-state index in [1.165, 1.54) is 68.8 Å². The number of methoxy groups -OCH3 is 2. The first-order valence-corrected chi connectivity index (χ1v) is 11.5. The second kappa shape index (κ2) is 9.86. The lowest BCUT2D eigenvalue weighted by molar-refractivity contribution is 0.102. The van der Waals surface area contributed by atoms with Crippen LogP contribution in [-0.4, -0.2) is 34.8 Å². The van der Waals surface area contributed by atoms with Crippen LogP contribution in [0.4, 0.5) is 20.2 Å². The Morgan fingerprint density at radius 1 is 0.939 bits per heavy atom. The van der Waals surface area contributed by atoms with Gasteiger partial charge in [0.05, 0.1) is 44.0 Å². The quantitative estimate of drug-likeness (QED) is 0.527. The Hall–Kier alpha value is -3.66. The van der Waals surface area contributed by atoms with Gasteiger partial charge >= 0.3 is 0 Å². The van der Waals surface area contributed by atoms with Crippen molar-refractivity contribution in [3.63, 3.8) is 0 Å². The largest absolute Gasteiger partial charge is 0.493 e. The minimum atomic E-state index is -4.00. The molecule has 0 fully saturated rings. The smallest absolute Gasteiger partial charge is 0.258 e.